The number of rotatable bonds is 3. The van der Waals surface area contributed by atoms with Gasteiger partial charge in [-0.1, -0.05) is 12.1 Å². The highest BCUT2D eigenvalue weighted by Gasteiger charge is 2.40. The average Bonchev–Trinajstić information content (AvgIpc) is 2.99. The topological polar surface area (TPSA) is 73.2 Å². The van der Waals surface area contributed by atoms with E-state index in [0.29, 0.717) is 36.1 Å². The van der Waals surface area contributed by atoms with Crippen LogP contribution in [0.2, 0.25) is 0 Å². The first kappa shape index (κ1) is 13.6. The van der Waals surface area contributed by atoms with Gasteiger partial charge in [0.05, 0.1) is 17.4 Å². The van der Waals surface area contributed by atoms with Crippen LogP contribution >= 0.6 is 0 Å². The van der Waals surface area contributed by atoms with Crippen LogP contribution in [0.4, 0.5) is 0 Å². The van der Waals surface area contributed by atoms with Crippen molar-refractivity contribution in [2.24, 2.45) is 11.8 Å². The van der Waals surface area contributed by atoms with Crippen LogP contribution in [0.25, 0.3) is 0 Å². The second-order valence-corrected chi connectivity index (χ2v) is 7.53. The van der Waals surface area contributed by atoms with E-state index in [1.165, 1.54) is 0 Å². The number of hydrogen-bond acceptors (Lipinski definition) is 4. The van der Waals surface area contributed by atoms with Gasteiger partial charge in [0.25, 0.3) is 0 Å². The summed E-state index contributed by atoms with van der Waals surface area (Å²) in [7, 11) is -3.28. The monoisotopic (exact) mass is 291 g/mol. The zero-order valence-corrected chi connectivity index (χ0v) is 11.9. The lowest BCUT2D eigenvalue weighted by Crippen LogP contribution is -2.32. The van der Waals surface area contributed by atoms with E-state index in [0.717, 1.165) is 13.1 Å². The average molecular weight is 291 g/mol. The van der Waals surface area contributed by atoms with E-state index in [4.69, 9.17) is 5.26 Å². The quantitative estimate of drug-likeness (QED) is 0.882. The van der Waals surface area contributed by atoms with Gasteiger partial charge in [-0.3, -0.25) is 0 Å². The van der Waals surface area contributed by atoms with Crippen molar-refractivity contribution in [2.75, 3.05) is 26.2 Å². The summed E-state index contributed by atoms with van der Waals surface area (Å²) in [5, 5.41) is 12.2. The van der Waals surface area contributed by atoms with Crippen LogP contribution in [-0.4, -0.2) is 38.9 Å². The number of nitrogens with zero attached hydrogens (tertiary/aromatic N) is 2. The summed E-state index contributed by atoms with van der Waals surface area (Å²) in [6.45, 7) is 3.08. The molecule has 0 bridgehead atoms. The third-order valence-corrected chi connectivity index (χ3v) is 5.94. The van der Waals surface area contributed by atoms with Crippen molar-refractivity contribution >= 4 is 10.0 Å². The zero-order valence-electron chi connectivity index (χ0n) is 11.1. The molecule has 0 radical (unpaired) electrons. The van der Waals surface area contributed by atoms with Crippen molar-refractivity contribution < 1.29 is 8.42 Å². The molecule has 2 heterocycles. The van der Waals surface area contributed by atoms with Gasteiger partial charge in [-0.2, -0.15) is 5.26 Å². The van der Waals surface area contributed by atoms with Gasteiger partial charge in [0.1, 0.15) is 0 Å². The van der Waals surface area contributed by atoms with Crippen LogP contribution in [0.15, 0.2) is 24.3 Å². The maximum Gasteiger partial charge on any atom is 0.218 e. The molecule has 0 amide bonds. The van der Waals surface area contributed by atoms with Crippen LogP contribution in [0, 0.1) is 23.2 Å². The molecule has 5 nitrogen and oxygen atoms in total. The van der Waals surface area contributed by atoms with E-state index in [-0.39, 0.29) is 5.75 Å². The summed E-state index contributed by atoms with van der Waals surface area (Å²) in [6, 6.07) is 8.86. The molecular formula is C14H17N3O2S. The summed E-state index contributed by atoms with van der Waals surface area (Å²) < 4.78 is 26.5. The Morgan fingerprint density at radius 1 is 1.30 bits per heavy atom. The largest absolute Gasteiger partial charge is 0.316 e. The third-order valence-electron chi connectivity index (χ3n) is 4.15. The lowest BCUT2D eigenvalue weighted by atomic mass is 10.0. The van der Waals surface area contributed by atoms with E-state index in [2.05, 4.69) is 5.32 Å². The van der Waals surface area contributed by atoms with Gasteiger partial charge in [-0.05, 0) is 42.6 Å². The Morgan fingerprint density at radius 3 is 2.65 bits per heavy atom. The van der Waals surface area contributed by atoms with Gasteiger partial charge in [-0.25, -0.2) is 12.7 Å². The Bertz CT molecular complexity index is 639. The van der Waals surface area contributed by atoms with E-state index in [9.17, 15) is 8.42 Å². The minimum absolute atomic E-state index is 0.0185. The molecule has 0 unspecified atom stereocenters. The summed E-state index contributed by atoms with van der Waals surface area (Å²) in [6.07, 6.45) is 0. The minimum Gasteiger partial charge on any atom is -0.316 e. The Hall–Kier alpha value is -1.42. The smallest absolute Gasteiger partial charge is 0.218 e. The van der Waals surface area contributed by atoms with Gasteiger partial charge >= 0.3 is 0 Å². The number of nitriles is 1. The van der Waals surface area contributed by atoms with E-state index < -0.39 is 10.0 Å². The molecule has 20 heavy (non-hydrogen) atoms. The normalized spacial score (nSPS) is 26.4. The van der Waals surface area contributed by atoms with Gasteiger partial charge in [-0.15, -0.1) is 0 Å². The first-order valence-corrected chi connectivity index (χ1v) is 8.37. The van der Waals surface area contributed by atoms with Crippen molar-refractivity contribution in [3.8, 4) is 6.07 Å². The van der Waals surface area contributed by atoms with Crippen LogP contribution < -0.4 is 5.32 Å². The molecule has 2 fully saturated rings. The fourth-order valence-electron chi connectivity index (χ4n) is 3.07. The van der Waals surface area contributed by atoms with Crippen LogP contribution in [0.5, 0.6) is 0 Å². The molecule has 0 aliphatic carbocycles. The molecule has 106 valence electrons. The Morgan fingerprint density at radius 2 is 2.00 bits per heavy atom. The molecular weight excluding hydrogens is 274 g/mol. The number of sulfonamides is 1. The summed E-state index contributed by atoms with van der Waals surface area (Å²) in [4.78, 5) is 0. The Balaban J connectivity index is 1.74. The molecule has 3 rings (SSSR count). The fourth-order valence-corrected chi connectivity index (χ4v) is 4.69. The molecule has 1 aromatic rings. The van der Waals surface area contributed by atoms with E-state index >= 15 is 0 Å². The highest BCUT2D eigenvalue weighted by atomic mass is 32.2. The maximum atomic E-state index is 12.5. The number of benzene rings is 1. The van der Waals surface area contributed by atoms with Gasteiger partial charge < -0.3 is 5.32 Å². The zero-order chi connectivity index (χ0) is 14.2. The van der Waals surface area contributed by atoms with Crippen LogP contribution in [0.3, 0.4) is 0 Å². The summed E-state index contributed by atoms with van der Waals surface area (Å²) in [5.41, 5.74) is 1.18. The first-order valence-electron chi connectivity index (χ1n) is 6.76. The van der Waals surface area contributed by atoms with Crippen LogP contribution in [-0.2, 0) is 15.8 Å². The number of fused-ring (bicyclic) bond motifs is 1. The van der Waals surface area contributed by atoms with Crippen molar-refractivity contribution in [1.29, 1.82) is 5.26 Å². The van der Waals surface area contributed by atoms with Crippen molar-refractivity contribution in [1.82, 2.24) is 9.62 Å². The van der Waals surface area contributed by atoms with Crippen molar-refractivity contribution in [3.63, 3.8) is 0 Å². The van der Waals surface area contributed by atoms with Crippen LogP contribution in [0.1, 0.15) is 11.1 Å². The van der Waals surface area contributed by atoms with Crippen molar-refractivity contribution in [2.45, 2.75) is 5.75 Å². The molecule has 2 aliphatic rings. The molecule has 2 saturated heterocycles. The van der Waals surface area contributed by atoms with E-state index in [1.54, 1.807) is 28.6 Å². The third kappa shape index (κ3) is 2.57. The first-order chi connectivity index (χ1) is 9.58. The Labute approximate surface area is 119 Å². The lowest BCUT2D eigenvalue weighted by molar-refractivity contribution is 0.447. The SMILES string of the molecule is N#Cc1cccc(CS(=O)(=O)N2C[C@H]3CNC[C@H]3C2)c1. The minimum atomic E-state index is -3.28. The van der Waals surface area contributed by atoms with E-state index in [1.807, 2.05) is 6.07 Å². The molecule has 1 N–H and O–H groups in total. The molecule has 6 heteroatoms. The number of nitrogens with one attached hydrogen (secondary N) is 1. The molecule has 1 aromatic carbocycles. The molecule has 0 saturated carbocycles. The molecule has 0 spiro atoms. The predicted octanol–water partition coefficient (Wildman–Crippen LogP) is 0.539. The van der Waals surface area contributed by atoms with Gasteiger partial charge in [0.15, 0.2) is 0 Å². The highest BCUT2D eigenvalue weighted by Crippen LogP contribution is 2.29. The Kier molecular flexibility index (Phi) is 3.50. The second-order valence-electron chi connectivity index (χ2n) is 5.56. The lowest BCUT2D eigenvalue weighted by Gasteiger charge is -2.17. The van der Waals surface area contributed by atoms with Gasteiger partial charge in [0, 0.05) is 13.1 Å². The summed E-state index contributed by atoms with van der Waals surface area (Å²) >= 11 is 0. The standard InChI is InChI=1S/C14H17N3O2S/c15-5-11-2-1-3-12(4-11)10-20(18,19)17-8-13-6-16-7-14(13)9-17/h1-4,13-14,16H,6-10H2/t13-,14+. The second kappa shape index (κ2) is 5.17. The maximum absolute atomic E-state index is 12.5. The molecule has 2 aliphatic heterocycles. The molecule has 2 atom stereocenters. The molecule has 0 aromatic heterocycles. The van der Waals surface area contributed by atoms with Gasteiger partial charge in [0.2, 0.25) is 10.0 Å². The predicted molar refractivity (Wildman–Crippen MR) is 75.2 cm³/mol. The highest BCUT2D eigenvalue weighted by molar-refractivity contribution is 7.88. The fraction of sp³-hybridized carbons (Fsp3) is 0.500. The number of hydrogen-bond donors (Lipinski definition) is 1. The van der Waals surface area contributed by atoms with Crippen molar-refractivity contribution in [3.05, 3.63) is 35.4 Å². The summed E-state index contributed by atoms with van der Waals surface area (Å²) in [5.74, 6) is 0.889.